The molecule has 0 saturated heterocycles. The van der Waals surface area contributed by atoms with E-state index in [9.17, 15) is 0 Å². The topological polar surface area (TPSA) is 67.9 Å². The number of hydrogen-bond donors (Lipinski definition) is 1. The third-order valence-corrected chi connectivity index (χ3v) is 3.37. The Kier molecular flexibility index (Phi) is 4.63. The average Bonchev–Trinajstić information content (AvgIpc) is 2.53. The third kappa shape index (κ3) is 2.77. The molecule has 0 unspecified atom stereocenters. The molecule has 0 aliphatic carbocycles. The van der Waals surface area contributed by atoms with E-state index in [2.05, 4.69) is 29.0 Å². The summed E-state index contributed by atoms with van der Waals surface area (Å²) < 4.78 is 0. The number of anilines is 2. The molecule has 106 valence electrons. The Labute approximate surface area is 119 Å². The van der Waals surface area contributed by atoms with Gasteiger partial charge in [-0.05, 0) is 24.5 Å². The van der Waals surface area contributed by atoms with Gasteiger partial charge in [0.05, 0.1) is 11.4 Å². The number of hydrogen-bond acceptors (Lipinski definition) is 5. The fourth-order valence-corrected chi connectivity index (χ4v) is 2.19. The summed E-state index contributed by atoms with van der Waals surface area (Å²) in [6.07, 6.45) is 1.71. The number of nitrogens with zero attached hydrogens (tertiary/aromatic N) is 4. The monoisotopic (exact) mass is 271 g/mol. The SMILES string of the molecule is CCc1nnc(N(C)c2ccccc2CN)nc1CC. The zero-order valence-corrected chi connectivity index (χ0v) is 12.3. The Morgan fingerprint density at radius 2 is 1.75 bits per heavy atom. The van der Waals surface area contributed by atoms with Gasteiger partial charge in [-0.15, -0.1) is 10.2 Å². The van der Waals surface area contributed by atoms with Crippen LogP contribution < -0.4 is 10.6 Å². The van der Waals surface area contributed by atoms with E-state index < -0.39 is 0 Å². The smallest absolute Gasteiger partial charge is 0.249 e. The molecule has 5 nitrogen and oxygen atoms in total. The molecular weight excluding hydrogens is 250 g/mol. The highest BCUT2D eigenvalue weighted by Gasteiger charge is 2.13. The molecule has 2 N–H and O–H groups in total. The molecule has 0 spiro atoms. The van der Waals surface area contributed by atoms with Crippen molar-refractivity contribution in [3.8, 4) is 0 Å². The molecule has 1 aromatic carbocycles. The number of para-hydroxylation sites is 1. The van der Waals surface area contributed by atoms with Crippen molar-refractivity contribution in [2.75, 3.05) is 11.9 Å². The first-order chi connectivity index (χ1) is 9.71. The van der Waals surface area contributed by atoms with Crippen LogP contribution in [-0.2, 0) is 19.4 Å². The van der Waals surface area contributed by atoms with Gasteiger partial charge in [0.25, 0.3) is 0 Å². The van der Waals surface area contributed by atoms with E-state index in [0.717, 1.165) is 35.5 Å². The molecule has 2 aromatic rings. The Bertz CT molecular complexity index is 582. The molecule has 0 fully saturated rings. The lowest BCUT2D eigenvalue weighted by molar-refractivity contribution is 0.809. The molecule has 0 aliphatic heterocycles. The van der Waals surface area contributed by atoms with Crippen LogP contribution >= 0.6 is 0 Å². The highest BCUT2D eigenvalue weighted by atomic mass is 15.3. The molecule has 1 aromatic heterocycles. The second kappa shape index (κ2) is 6.43. The van der Waals surface area contributed by atoms with Crippen LogP contribution in [0.4, 0.5) is 11.6 Å². The van der Waals surface area contributed by atoms with Crippen molar-refractivity contribution in [2.24, 2.45) is 5.73 Å². The van der Waals surface area contributed by atoms with Gasteiger partial charge < -0.3 is 10.6 Å². The lowest BCUT2D eigenvalue weighted by Crippen LogP contribution is -2.18. The summed E-state index contributed by atoms with van der Waals surface area (Å²) in [5.41, 5.74) is 9.85. The van der Waals surface area contributed by atoms with Gasteiger partial charge in [0.15, 0.2) is 0 Å². The van der Waals surface area contributed by atoms with Crippen molar-refractivity contribution >= 4 is 11.6 Å². The minimum Gasteiger partial charge on any atom is -0.326 e. The van der Waals surface area contributed by atoms with Gasteiger partial charge in [-0.2, -0.15) is 0 Å². The summed E-state index contributed by atoms with van der Waals surface area (Å²) in [6.45, 7) is 4.64. The number of benzene rings is 1. The van der Waals surface area contributed by atoms with Crippen LogP contribution in [-0.4, -0.2) is 22.2 Å². The van der Waals surface area contributed by atoms with Crippen LogP contribution in [0.2, 0.25) is 0 Å². The van der Waals surface area contributed by atoms with Crippen molar-refractivity contribution in [3.05, 3.63) is 41.2 Å². The van der Waals surface area contributed by atoms with Crippen LogP contribution in [0.1, 0.15) is 30.8 Å². The lowest BCUT2D eigenvalue weighted by atomic mass is 10.1. The Morgan fingerprint density at radius 3 is 2.40 bits per heavy atom. The zero-order valence-electron chi connectivity index (χ0n) is 12.3. The number of rotatable bonds is 5. The van der Waals surface area contributed by atoms with E-state index in [1.807, 2.05) is 36.2 Å². The van der Waals surface area contributed by atoms with E-state index in [4.69, 9.17) is 5.73 Å². The Morgan fingerprint density at radius 1 is 1.05 bits per heavy atom. The van der Waals surface area contributed by atoms with Gasteiger partial charge in [-0.1, -0.05) is 32.0 Å². The van der Waals surface area contributed by atoms with Crippen LogP contribution in [0.5, 0.6) is 0 Å². The zero-order chi connectivity index (χ0) is 14.5. The molecule has 0 bridgehead atoms. The van der Waals surface area contributed by atoms with E-state index in [1.54, 1.807) is 0 Å². The van der Waals surface area contributed by atoms with E-state index in [1.165, 1.54) is 0 Å². The second-order valence-corrected chi connectivity index (χ2v) is 4.60. The van der Waals surface area contributed by atoms with Crippen molar-refractivity contribution in [1.82, 2.24) is 15.2 Å². The summed E-state index contributed by atoms with van der Waals surface area (Å²) in [7, 11) is 1.94. The first kappa shape index (κ1) is 14.4. The van der Waals surface area contributed by atoms with Crippen LogP contribution in [0.25, 0.3) is 0 Å². The maximum absolute atomic E-state index is 5.79. The fraction of sp³-hybridized carbons (Fsp3) is 0.400. The minimum atomic E-state index is 0.488. The van der Waals surface area contributed by atoms with Gasteiger partial charge >= 0.3 is 0 Å². The van der Waals surface area contributed by atoms with Gasteiger partial charge in [-0.3, -0.25) is 0 Å². The molecule has 20 heavy (non-hydrogen) atoms. The third-order valence-electron chi connectivity index (χ3n) is 3.37. The van der Waals surface area contributed by atoms with E-state index >= 15 is 0 Å². The van der Waals surface area contributed by atoms with E-state index in [-0.39, 0.29) is 0 Å². The highest BCUT2D eigenvalue weighted by molar-refractivity contribution is 5.60. The summed E-state index contributed by atoms with van der Waals surface area (Å²) in [5.74, 6) is 0.611. The molecule has 0 atom stereocenters. The average molecular weight is 271 g/mol. The van der Waals surface area contributed by atoms with Crippen molar-refractivity contribution in [3.63, 3.8) is 0 Å². The highest BCUT2D eigenvalue weighted by Crippen LogP contribution is 2.24. The number of aryl methyl sites for hydroxylation is 2. The summed E-state index contributed by atoms with van der Waals surface area (Å²) in [6, 6.07) is 8.00. The normalized spacial score (nSPS) is 10.6. The van der Waals surface area contributed by atoms with Gasteiger partial charge in [0.2, 0.25) is 5.95 Å². The van der Waals surface area contributed by atoms with Crippen molar-refractivity contribution in [1.29, 1.82) is 0 Å². The standard InChI is InChI=1S/C15H21N5/c1-4-12-13(5-2)18-19-15(17-12)20(3)14-9-7-6-8-11(14)10-16/h6-9H,4-5,10,16H2,1-3H3. The van der Waals surface area contributed by atoms with Crippen LogP contribution in [0, 0.1) is 0 Å². The molecule has 0 aliphatic rings. The molecule has 2 rings (SSSR count). The van der Waals surface area contributed by atoms with Crippen LogP contribution in [0.15, 0.2) is 24.3 Å². The number of aromatic nitrogens is 3. The van der Waals surface area contributed by atoms with Gasteiger partial charge in [0, 0.05) is 19.3 Å². The molecule has 1 heterocycles. The fourth-order valence-electron chi connectivity index (χ4n) is 2.19. The predicted molar refractivity (Wildman–Crippen MR) is 81.0 cm³/mol. The molecule has 0 saturated carbocycles. The first-order valence-electron chi connectivity index (χ1n) is 6.95. The maximum Gasteiger partial charge on any atom is 0.249 e. The predicted octanol–water partition coefficient (Wildman–Crippen LogP) is 2.22. The quantitative estimate of drug-likeness (QED) is 0.903. The molecule has 5 heteroatoms. The van der Waals surface area contributed by atoms with Crippen molar-refractivity contribution < 1.29 is 0 Å². The molecular formula is C15H21N5. The maximum atomic E-state index is 5.79. The largest absolute Gasteiger partial charge is 0.326 e. The van der Waals surface area contributed by atoms with Crippen molar-refractivity contribution in [2.45, 2.75) is 33.2 Å². The second-order valence-electron chi connectivity index (χ2n) is 4.60. The van der Waals surface area contributed by atoms with Crippen LogP contribution in [0.3, 0.4) is 0 Å². The number of nitrogens with two attached hydrogens (primary N) is 1. The Hall–Kier alpha value is -2.01. The first-order valence-corrected chi connectivity index (χ1v) is 6.95. The van der Waals surface area contributed by atoms with Gasteiger partial charge in [-0.25, -0.2) is 4.98 Å². The Balaban J connectivity index is 2.40. The molecule has 0 amide bonds. The van der Waals surface area contributed by atoms with E-state index in [0.29, 0.717) is 12.5 Å². The summed E-state index contributed by atoms with van der Waals surface area (Å²) in [5, 5.41) is 8.52. The molecule has 0 radical (unpaired) electrons. The summed E-state index contributed by atoms with van der Waals surface area (Å²) >= 11 is 0. The lowest BCUT2D eigenvalue weighted by Gasteiger charge is -2.20. The summed E-state index contributed by atoms with van der Waals surface area (Å²) in [4.78, 5) is 6.56. The minimum absolute atomic E-state index is 0.488. The van der Waals surface area contributed by atoms with Gasteiger partial charge in [0.1, 0.15) is 0 Å².